The van der Waals surface area contributed by atoms with Gasteiger partial charge in [-0.15, -0.1) is 0 Å². The zero-order valence-corrected chi connectivity index (χ0v) is 13.8. The number of hydrogen-bond donors (Lipinski definition) is 2. The van der Waals surface area contributed by atoms with Gasteiger partial charge in [0.2, 0.25) is 0 Å². The van der Waals surface area contributed by atoms with Crippen molar-refractivity contribution in [2.75, 3.05) is 0 Å². The summed E-state index contributed by atoms with van der Waals surface area (Å²) >= 11 is 6.03. The van der Waals surface area contributed by atoms with Crippen molar-refractivity contribution in [3.8, 4) is 11.1 Å². The van der Waals surface area contributed by atoms with Gasteiger partial charge >= 0.3 is 11.9 Å². The molecule has 0 radical (unpaired) electrons. The Bertz CT molecular complexity index is 1020. The van der Waals surface area contributed by atoms with E-state index in [0.717, 1.165) is 16.7 Å². The van der Waals surface area contributed by atoms with E-state index < -0.39 is 17.4 Å². The van der Waals surface area contributed by atoms with Crippen molar-refractivity contribution in [1.29, 1.82) is 0 Å². The molecule has 0 unspecified atom stereocenters. The number of benzene rings is 2. The molecule has 1 saturated carbocycles. The van der Waals surface area contributed by atoms with Crippen LogP contribution in [0.25, 0.3) is 22.0 Å². The Balaban J connectivity index is 1.76. The third-order valence-corrected chi connectivity index (χ3v) is 5.20. The number of carboxylic acids is 2. The van der Waals surface area contributed by atoms with Crippen LogP contribution in [0.1, 0.15) is 28.8 Å². The summed E-state index contributed by atoms with van der Waals surface area (Å²) in [5, 5.41) is 19.3. The lowest BCUT2D eigenvalue weighted by molar-refractivity contribution is -0.140. The lowest BCUT2D eigenvalue weighted by Crippen LogP contribution is -2.19. The molecule has 4 rings (SSSR count). The van der Waals surface area contributed by atoms with Crippen LogP contribution in [0.2, 0.25) is 0 Å². The smallest absolute Gasteiger partial charge is 0.337 e. The molecule has 126 valence electrons. The standard InChI is InChI=1S/C19H14ClNO4/c20-21-10-15(17(22)23)14-9-12(3-6-16(14)21)11-1-4-13(5-2-11)19(7-8-19)18(24)25/h1-6,9-10H,7-8H2,(H,22,23)(H,24,25). The van der Waals surface area contributed by atoms with Crippen LogP contribution < -0.4 is 0 Å². The number of rotatable bonds is 4. The van der Waals surface area contributed by atoms with E-state index in [2.05, 4.69) is 0 Å². The van der Waals surface area contributed by atoms with Crippen LogP contribution >= 0.6 is 11.8 Å². The SMILES string of the molecule is O=C(O)c1cn(Cl)c2ccc(-c3ccc(C4(C(=O)O)CC4)cc3)cc12. The van der Waals surface area contributed by atoms with Crippen molar-refractivity contribution in [2.45, 2.75) is 18.3 Å². The van der Waals surface area contributed by atoms with Gasteiger partial charge in [0.1, 0.15) is 0 Å². The molecule has 0 amide bonds. The van der Waals surface area contributed by atoms with Gasteiger partial charge in [-0.25, -0.2) is 4.79 Å². The van der Waals surface area contributed by atoms with Crippen molar-refractivity contribution < 1.29 is 19.8 Å². The molecular formula is C19H14ClNO4. The molecule has 25 heavy (non-hydrogen) atoms. The molecule has 3 aromatic rings. The molecular weight excluding hydrogens is 342 g/mol. The van der Waals surface area contributed by atoms with Gasteiger partial charge in [-0.05, 0) is 41.7 Å². The molecule has 5 nitrogen and oxygen atoms in total. The molecule has 1 fully saturated rings. The molecule has 2 N–H and O–H groups in total. The van der Waals surface area contributed by atoms with Gasteiger partial charge in [0.05, 0.1) is 16.5 Å². The largest absolute Gasteiger partial charge is 0.481 e. The number of aliphatic carboxylic acids is 1. The van der Waals surface area contributed by atoms with Crippen LogP contribution in [0.5, 0.6) is 0 Å². The molecule has 0 saturated heterocycles. The number of hydrogen-bond acceptors (Lipinski definition) is 2. The molecule has 1 aromatic heterocycles. The van der Waals surface area contributed by atoms with E-state index in [1.165, 1.54) is 10.3 Å². The average Bonchev–Trinajstić information content (AvgIpc) is 3.35. The zero-order chi connectivity index (χ0) is 17.8. The van der Waals surface area contributed by atoms with Gasteiger partial charge in [0.15, 0.2) is 0 Å². The highest BCUT2D eigenvalue weighted by molar-refractivity contribution is 6.21. The Hall–Kier alpha value is -2.79. The third-order valence-electron chi connectivity index (χ3n) is 4.92. The molecule has 0 spiro atoms. The first-order valence-corrected chi connectivity index (χ1v) is 8.15. The lowest BCUT2D eigenvalue weighted by Gasteiger charge is -2.11. The minimum absolute atomic E-state index is 0.145. The van der Waals surface area contributed by atoms with E-state index in [0.29, 0.717) is 23.7 Å². The highest BCUT2D eigenvalue weighted by Crippen LogP contribution is 2.48. The molecule has 1 heterocycles. The number of aromatic carboxylic acids is 1. The predicted molar refractivity (Wildman–Crippen MR) is 94.1 cm³/mol. The van der Waals surface area contributed by atoms with Gasteiger partial charge in [0.25, 0.3) is 0 Å². The molecule has 1 aliphatic rings. The monoisotopic (exact) mass is 355 g/mol. The summed E-state index contributed by atoms with van der Waals surface area (Å²) in [7, 11) is 0. The van der Waals surface area contributed by atoms with Crippen molar-refractivity contribution in [3.63, 3.8) is 0 Å². The minimum atomic E-state index is -1.03. The van der Waals surface area contributed by atoms with E-state index in [1.54, 1.807) is 12.1 Å². The van der Waals surface area contributed by atoms with Gasteiger partial charge in [-0.2, -0.15) is 0 Å². The molecule has 0 bridgehead atoms. The first-order chi connectivity index (χ1) is 11.9. The summed E-state index contributed by atoms with van der Waals surface area (Å²) in [6.45, 7) is 0. The molecule has 0 aliphatic heterocycles. The Kier molecular flexibility index (Phi) is 3.37. The van der Waals surface area contributed by atoms with Crippen molar-refractivity contribution in [1.82, 2.24) is 4.09 Å². The van der Waals surface area contributed by atoms with Gasteiger partial charge in [0, 0.05) is 23.4 Å². The molecule has 1 aliphatic carbocycles. The second-order valence-electron chi connectivity index (χ2n) is 6.36. The molecule has 0 atom stereocenters. The zero-order valence-electron chi connectivity index (χ0n) is 13.1. The second-order valence-corrected chi connectivity index (χ2v) is 6.72. The van der Waals surface area contributed by atoms with Crippen molar-refractivity contribution in [3.05, 3.63) is 59.8 Å². The number of halogens is 1. The highest BCUT2D eigenvalue weighted by atomic mass is 35.5. The van der Waals surface area contributed by atoms with Crippen LogP contribution in [0, 0.1) is 0 Å². The van der Waals surface area contributed by atoms with E-state index in [-0.39, 0.29) is 5.56 Å². The summed E-state index contributed by atoms with van der Waals surface area (Å²) in [4.78, 5) is 22.8. The fourth-order valence-electron chi connectivity index (χ4n) is 3.27. The second kappa shape index (κ2) is 5.36. The van der Waals surface area contributed by atoms with E-state index >= 15 is 0 Å². The number of fused-ring (bicyclic) bond motifs is 1. The van der Waals surface area contributed by atoms with Crippen molar-refractivity contribution >= 4 is 34.6 Å². The van der Waals surface area contributed by atoms with Gasteiger partial charge < -0.3 is 10.2 Å². The van der Waals surface area contributed by atoms with E-state index in [9.17, 15) is 19.8 Å². The maximum absolute atomic E-state index is 11.4. The predicted octanol–water partition coefficient (Wildman–Crippen LogP) is 4.12. The number of nitrogens with zero attached hydrogens (tertiary/aromatic N) is 1. The number of aromatic nitrogens is 1. The average molecular weight is 356 g/mol. The quantitative estimate of drug-likeness (QED) is 0.737. The summed E-state index contributed by atoms with van der Waals surface area (Å²) in [6, 6.07) is 12.9. The van der Waals surface area contributed by atoms with E-state index in [1.807, 2.05) is 30.3 Å². The Labute approximate surface area is 148 Å². The highest BCUT2D eigenvalue weighted by Gasteiger charge is 2.51. The Morgan fingerprint density at radius 2 is 1.64 bits per heavy atom. The summed E-state index contributed by atoms with van der Waals surface area (Å²) in [5.74, 6) is -1.81. The van der Waals surface area contributed by atoms with Crippen LogP contribution in [0.15, 0.2) is 48.7 Å². The summed E-state index contributed by atoms with van der Waals surface area (Å²) in [5.41, 5.74) is 2.60. The maximum atomic E-state index is 11.4. The Morgan fingerprint density at radius 1 is 1.00 bits per heavy atom. The Morgan fingerprint density at radius 3 is 2.20 bits per heavy atom. The number of carbonyl (C=O) groups is 2. The van der Waals surface area contributed by atoms with Gasteiger partial charge in [-0.3, -0.25) is 8.88 Å². The molecule has 2 aromatic carbocycles. The van der Waals surface area contributed by atoms with Crippen LogP contribution in [0.3, 0.4) is 0 Å². The first-order valence-electron chi connectivity index (χ1n) is 7.81. The van der Waals surface area contributed by atoms with Crippen LogP contribution in [-0.4, -0.2) is 26.2 Å². The summed E-state index contributed by atoms with van der Waals surface area (Å²) in [6.07, 6.45) is 2.71. The minimum Gasteiger partial charge on any atom is -0.481 e. The maximum Gasteiger partial charge on any atom is 0.337 e. The summed E-state index contributed by atoms with van der Waals surface area (Å²) < 4.78 is 1.27. The van der Waals surface area contributed by atoms with E-state index in [4.69, 9.17) is 11.8 Å². The fraction of sp³-hybridized carbons (Fsp3) is 0.158. The normalized spacial score (nSPS) is 15.2. The number of carboxylic acid groups (broad SMARTS) is 2. The topological polar surface area (TPSA) is 79.5 Å². The van der Waals surface area contributed by atoms with Gasteiger partial charge in [-0.1, -0.05) is 30.3 Å². The molecule has 6 heteroatoms. The third kappa shape index (κ3) is 2.39. The van der Waals surface area contributed by atoms with Crippen LogP contribution in [0.4, 0.5) is 0 Å². The van der Waals surface area contributed by atoms with Crippen LogP contribution in [-0.2, 0) is 10.2 Å². The van der Waals surface area contributed by atoms with Crippen molar-refractivity contribution in [2.24, 2.45) is 0 Å². The fourth-order valence-corrected chi connectivity index (χ4v) is 3.52. The lowest BCUT2D eigenvalue weighted by atomic mass is 9.93. The first kappa shape index (κ1) is 15.7.